The fraction of sp³-hybridized carbons (Fsp3) is 0.541. The highest BCUT2D eigenvalue weighted by atomic mass is 32.1. The normalized spacial score (nSPS) is 20.2. The van der Waals surface area contributed by atoms with Crippen molar-refractivity contribution < 1.29 is 33.0 Å². The lowest BCUT2D eigenvalue weighted by atomic mass is 9.90. The molecule has 3 atom stereocenters. The molecular weight excluding hydrogens is 662 g/mol. The number of anilines is 2. The number of piperidine rings is 1. The molecule has 1 unspecified atom stereocenters. The van der Waals surface area contributed by atoms with Crippen LogP contribution in [0.4, 0.5) is 15.2 Å². The molecule has 4 amide bonds. The average molecular weight is 708 g/mol. The van der Waals surface area contributed by atoms with Crippen LogP contribution in [0.1, 0.15) is 95.0 Å². The minimum atomic E-state index is -0.525. The maximum Gasteiger partial charge on any atom is 0.257 e. The van der Waals surface area contributed by atoms with E-state index in [0.29, 0.717) is 37.0 Å². The largest absolute Gasteiger partial charge is 0.478 e. The van der Waals surface area contributed by atoms with Crippen LogP contribution < -0.4 is 25.6 Å². The van der Waals surface area contributed by atoms with E-state index in [2.05, 4.69) is 20.9 Å². The van der Waals surface area contributed by atoms with Crippen LogP contribution in [0.25, 0.3) is 10.2 Å². The number of hydrogen-bond acceptors (Lipinski definition) is 9. The van der Waals surface area contributed by atoms with Gasteiger partial charge in [-0.15, -0.1) is 0 Å². The van der Waals surface area contributed by atoms with Gasteiger partial charge < -0.3 is 25.0 Å². The second-order valence-electron chi connectivity index (χ2n) is 13.5. The van der Waals surface area contributed by atoms with Crippen LogP contribution in [0.2, 0.25) is 0 Å². The predicted molar refractivity (Wildman–Crippen MR) is 190 cm³/mol. The molecule has 4 heterocycles. The molecule has 6 rings (SSSR count). The Kier molecular flexibility index (Phi) is 12.3. The third kappa shape index (κ3) is 9.57. The van der Waals surface area contributed by atoms with Gasteiger partial charge in [-0.3, -0.25) is 24.5 Å². The lowest BCUT2D eigenvalue weighted by Crippen LogP contribution is -2.42. The van der Waals surface area contributed by atoms with Gasteiger partial charge in [0.1, 0.15) is 5.52 Å². The number of rotatable bonds is 17. The molecule has 3 fully saturated rings. The first-order valence-corrected chi connectivity index (χ1v) is 18.8. The van der Waals surface area contributed by atoms with Crippen molar-refractivity contribution in [1.29, 1.82) is 0 Å². The first kappa shape index (κ1) is 35.7. The van der Waals surface area contributed by atoms with Crippen molar-refractivity contribution in [3.05, 3.63) is 47.8 Å². The van der Waals surface area contributed by atoms with Crippen molar-refractivity contribution in [3.63, 3.8) is 0 Å². The smallest absolute Gasteiger partial charge is 0.257 e. The van der Waals surface area contributed by atoms with Gasteiger partial charge in [0.15, 0.2) is 23.3 Å². The number of carbonyl (C=O) groups excluding carboxylic acids is 4. The number of amides is 4. The first-order valence-electron chi connectivity index (χ1n) is 17.9. The summed E-state index contributed by atoms with van der Waals surface area (Å²) in [6, 6.07) is 10.3. The molecule has 0 saturated carbocycles. The molecule has 3 N–H and O–H groups in total. The Bertz CT molecular complexity index is 1650. The number of nitrogens with zero attached hydrogens (tertiary/aromatic N) is 2. The predicted octanol–water partition coefficient (Wildman–Crippen LogP) is 5.97. The minimum absolute atomic E-state index is 0.0235. The second-order valence-corrected chi connectivity index (χ2v) is 14.5. The summed E-state index contributed by atoms with van der Waals surface area (Å²) < 4.78 is 27.1. The molecule has 1 aromatic heterocycles. The molecular formula is C37H46FN5O6S. The van der Waals surface area contributed by atoms with Crippen molar-refractivity contribution in [1.82, 2.24) is 15.6 Å². The molecule has 3 aliphatic heterocycles. The van der Waals surface area contributed by atoms with E-state index in [1.54, 1.807) is 18.2 Å². The Labute approximate surface area is 295 Å². The SMILES string of the molecule is O=C(COc1c(F)ccc2sc(N3C[C@H]4CC[C@@H](C3)O4)nc12)NCCCCCCCCCCC(=O)Nc1ccc(C2CCC(=O)NC2=O)cc1. The zero-order chi connectivity index (χ0) is 34.9. The number of carbonyl (C=O) groups is 4. The maximum atomic E-state index is 14.7. The number of morpholine rings is 1. The summed E-state index contributed by atoms with van der Waals surface area (Å²) in [6.45, 7) is 1.85. The van der Waals surface area contributed by atoms with Crippen LogP contribution in [-0.2, 0) is 23.9 Å². The van der Waals surface area contributed by atoms with Crippen molar-refractivity contribution in [3.8, 4) is 5.75 Å². The number of imide groups is 1. The summed E-state index contributed by atoms with van der Waals surface area (Å²) in [5.74, 6) is -1.65. The fourth-order valence-corrected chi connectivity index (χ4v) is 7.88. The molecule has 11 nitrogen and oxygen atoms in total. The number of fused-ring (bicyclic) bond motifs is 3. The number of hydrogen-bond donors (Lipinski definition) is 3. The van der Waals surface area contributed by atoms with Crippen LogP contribution >= 0.6 is 11.3 Å². The maximum absolute atomic E-state index is 14.7. The van der Waals surface area contributed by atoms with Crippen molar-refractivity contribution in [2.24, 2.45) is 0 Å². The molecule has 268 valence electrons. The van der Waals surface area contributed by atoms with Crippen molar-refractivity contribution >= 4 is 56.0 Å². The van der Waals surface area contributed by atoms with Gasteiger partial charge in [-0.05, 0) is 61.9 Å². The lowest BCUT2D eigenvalue weighted by molar-refractivity contribution is -0.134. The summed E-state index contributed by atoms with van der Waals surface area (Å²) in [4.78, 5) is 55.1. The van der Waals surface area contributed by atoms with Gasteiger partial charge in [-0.25, -0.2) is 9.37 Å². The highest BCUT2D eigenvalue weighted by molar-refractivity contribution is 7.22. The van der Waals surface area contributed by atoms with Gasteiger partial charge in [0.25, 0.3) is 5.91 Å². The number of benzene rings is 2. The molecule has 13 heteroatoms. The standard InChI is InChI=1S/C37H46FN5O6S/c38-29-17-18-30-34(42-37(50-30)43-21-26-14-15-27(22-43)49-26)35(29)48-23-33(46)39-20-8-6-4-2-1-3-5-7-9-31(44)40-25-12-10-24(11-13-25)28-16-19-32(45)41-36(28)47/h10-13,17-18,26-28H,1-9,14-16,19-23H2,(H,39,46)(H,40,44)(H,41,45,47)/t26-,27+,28?. The molecule has 50 heavy (non-hydrogen) atoms. The van der Waals surface area contributed by atoms with Crippen LogP contribution in [0.15, 0.2) is 36.4 Å². The summed E-state index contributed by atoms with van der Waals surface area (Å²) in [6.07, 6.45) is 11.9. The van der Waals surface area contributed by atoms with Crippen molar-refractivity contribution in [2.75, 3.05) is 36.5 Å². The molecule has 2 bridgehead atoms. The van der Waals surface area contributed by atoms with Gasteiger partial charge in [0, 0.05) is 38.2 Å². The zero-order valence-electron chi connectivity index (χ0n) is 28.3. The van der Waals surface area contributed by atoms with Crippen molar-refractivity contribution in [2.45, 2.75) is 102 Å². The van der Waals surface area contributed by atoms with Gasteiger partial charge in [0.05, 0.1) is 22.8 Å². The Morgan fingerprint density at radius 1 is 0.920 bits per heavy atom. The van der Waals surface area contributed by atoms with Gasteiger partial charge in [0.2, 0.25) is 17.7 Å². The quantitative estimate of drug-likeness (QED) is 0.115. The molecule has 2 aromatic carbocycles. The number of ether oxygens (including phenoxy) is 2. The lowest BCUT2D eigenvalue weighted by Gasteiger charge is -2.31. The first-order chi connectivity index (χ1) is 24.3. The topological polar surface area (TPSA) is 139 Å². The van der Waals surface area contributed by atoms with E-state index >= 15 is 0 Å². The fourth-order valence-electron chi connectivity index (χ4n) is 6.90. The summed E-state index contributed by atoms with van der Waals surface area (Å²) in [5.41, 5.74) is 1.99. The van der Waals surface area contributed by atoms with E-state index in [-0.39, 0.29) is 54.1 Å². The second kappa shape index (κ2) is 17.2. The van der Waals surface area contributed by atoms with Crippen LogP contribution in [0.3, 0.4) is 0 Å². The van der Waals surface area contributed by atoms with Gasteiger partial charge in [-0.2, -0.15) is 0 Å². The Morgan fingerprint density at radius 2 is 1.62 bits per heavy atom. The molecule has 0 radical (unpaired) electrons. The number of thiazole rings is 1. The summed E-state index contributed by atoms with van der Waals surface area (Å²) in [7, 11) is 0. The Morgan fingerprint density at radius 3 is 2.34 bits per heavy atom. The monoisotopic (exact) mass is 707 g/mol. The number of unbranched alkanes of at least 4 members (excludes halogenated alkanes) is 7. The van der Waals surface area contributed by atoms with E-state index in [0.717, 1.165) is 92.7 Å². The summed E-state index contributed by atoms with van der Waals surface area (Å²) in [5, 5.41) is 8.99. The zero-order valence-corrected chi connectivity index (χ0v) is 29.2. The van der Waals surface area contributed by atoms with E-state index < -0.39 is 5.82 Å². The van der Waals surface area contributed by atoms with Crippen LogP contribution in [0, 0.1) is 5.82 Å². The van der Waals surface area contributed by atoms with E-state index in [1.165, 1.54) is 17.4 Å². The minimum Gasteiger partial charge on any atom is -0.478 e. The highest BCUT2D eigenvalue weighted by Crippen LogP contribution is 2.38. The van der Waals surface area contributed by atoms with Gasteiger partial charge in [-0.1, -0.05) is 62.0 Å². The highest BCUT2D eigenvalue weighted by Gasteiger charge is 2.35. The molecule has 3 aromatic rings. The Balaban J connectivity index is 0.786. The van der Waals surface area contributed by atoms with E-state index in [4.69, 9.17) is 14.5 Å². The van der Waals surface area contributed by atoms with E-state index in [1.807, 2.05) is 12.1 Å². The molecule has 0 aliphatic carbocycles. The average Bonchev–Trinajstić information content (AvgIpc) is 3.69. The van der Waals surface area contributed by atoms with Crippen LogP contribution in [0.5, 0.6) is 5.75 Å². The number of aromatic nitrogens is 1. The Hall–Kier alpha value is -4.10. The number of nitrogens with one attached hydrogen (secondary N) is 3. The third-order valence-electron chi connectivity index (χ3n) is 9.61. The van der Waals surface area contributed by atoms with E-state index in [9.17, 15) is 23.6 Å². The summed E-state index contributed by atoms with van der Waals surface area (Å²) >= 11 is 1.51. The van der Waals surface area contributed by atoms with Gasteiger partial charge >= 0.3 is 0 Å². The molecule has 3 aliphatic rings. The number of halogens is 1. The molecule has 0 spiro atoms. The molecule has 3 saturated heterocycles. The van der Waals surface area contributed by atoms with Crippen LogP contribution in [-0.4, -0.2) is 67.1 Å². The third-order valence-corrected chi connectivity index (χ3v) is 10.7.